The molecule has 2 heterocycles. The summed E-state index contributed by atoms with van der Waals surface area (Å²) in [4.78, 5) is 38.7. The summed E-state index contributed by atoms with van der Waals surface area (Å²) in [6, 6.07) is 1.40. The highest BCUT2D eigenvalue weighted by atomic mass is 32.2. The third-order valence-electron chi connectivity index (χ3n) is 4.02. The van der Waals surface area contributed by atoms with E-state index in [1.807, 2.05) is 0 Å². The van der Waals surface area contributed by atoms with Crippen LogP contribution in [-0.2, 0) is 24.3 Å². The van der Waals surface area contributed by atoms with Crippen LogP contribution < -0.4 is 5.32 Å². The predicted molar refractivity (Wildman–Crippen MR) is 95.2 cm³/mol. The van der Waals surface area contributed by atoms with Crippen molar-refractivity contribution in [2.75, 3.05) is 33.0 Å². The van der Waals surface area contributed by atoms with Gasteiger partial charge in [0.25, 0.3) is 5.91 Å². The van der Waals surface area contributed by atoms with Gasteiger partial charge in [-0.1, -0.05) is 6.07 Å². The number of nitrogens with one attached hydrogen (secondary N) is 1. The zero-order valence-electron chi connectivity index (χ0n) is 14.7. The molecule has 2 atom stereocenters. The lowest BCUT2D eigenvalue weighted by Gasteiger charge is -2.39. The molecule has 1 aliphatic heterocycles. The molecule has 0 radical (unpaired) electrons. The summed E-state index contributed by atoms with van der Waals surface area (Å²) in [5.41, 5.74) is 0. The Kier molecular flexibility index (Phi) is 6.37. The molecule has 2 amide bonds. The van der Waals surface area contributed by atoms with E-state index in [0.717, 1.165) is 10.6 Å². The van der Waals surface area contributed by atoms with Crippen LogP contribution in [0.1, 0.15) is 16.6 Å². The maximum Gasteiger partial charge on any atom is 0.328 e. The lowest BCUT2D eigenvalue weighted by Crippen LogP contribution is -2.62. The average molecular weight is 403 g/mol. The molecule has 0 unspecified atom stereocenters. The SMILES string of the molecule is COC(=O)[C@@H](C)NC(=O)[C@@H]1CN(S(C)(=O)=O)CCN1C(=O)c1cccs1. The van der Waals surface area contributed by atoms with Gasteiger partial charge in [0, 0.05) is 19.6 Å². The average Bonchev–Trinajstić information content (AvgIpc) is 3.13. The number of nitrogens with zero attached hydrogens (tertiary/aromatic N) is 2. The van der Waals surface area contributed by atoms with Crippen LogP contribution in [-0.4, -0.2) is 80.5 Å². The van der Waals surface area contributed by atoms with Gasteiger partial charge in [-0.05, 0) is 18.4 Å². The number of rotatable bonds is 5. The van der Waals surface area contributed by atoms with Gasteiger partial charge in [-0.2, -0.15) is 4.31 Å². The monoisotopic (exact) mass is 403 g/mol. The summed E-state index contributed by atoms with van der Waals surface area (Å²) in [7, 11) is -2.32. The Morgan fingerprint density at radius 3 is 2.58 bits per heavy atom. The van der Waals surface area contributed by atoms with Crippen LogP contribution in [0.15, 0.2) is 17.5 Å². The highest BCUT2D eigenvalue weighted by Gasteiger charge is 2.39. The first kappa shape index (κ1) is 20.3. The minimum absolute atomic E-state index is 0.0779. The number of methoxy groups -OCH3 is 1. The van der Waals surface area contributed by atoms with Crippen LogP contribution in [0.4, 0.5) is 0 Å². The molecule has 11 heteroatoms. The molecule has 1 N–H and O–H groups in total. The standard InChI is InChI=1S/C15H21N3O6S2/c1-10(15(21)24-2)16-13(19)11-9-17(26(3,22)23)6-7-18(11)14(20)12-5-4-8-25-12/h4-5,8,10-11H,6-7,9H2,1-3H3,(H,16,19)/t10-,11+/m1/s1. The van der Waals surface area contributed by atoms with Crippen LogP contribution in [0.25, 0.3) is 0 Å². The van der Waals surface area contributed by atoms with Crippen molar-refractivity contribution in [3.05, 3.63) is 22.4 Å². The maximum absolute atomic E-state index is 12.7. The molecule has 1 fully saturated rings. The third kappa shape index (κ3) is 4.59. The lowest BCUT2D eigenvalue weighted by atomic mass is 10.1. The highest BCUT2D eigenvalue weighted by Crippen LogP contribution is 2.19. The molecule has 0 bridgehead atoms. The number of hydrogen-bond donors (Lipinski definition) is 1. The van der Waals surface area contributed by atoms with Gasteiger partial charge in [0.1, 0.15) is 12.1 Å². The summed E-state index contributed by atoms with van der Waals surface area (Å²) in [6.07, 6.45) is 1.05. The van der Waals surface area contributed by atoms with E-state index < -0.39 is 34.0 Å². The van der Waals surface area contributed by atoms with Crippen LogP contribution in [0, 0.1) is 0 Å². The van der Waals surface area contributed by atoms with Crippen molar-refractivity contribution in [1.29, 1.82) is 0 Å². The summed E-state index contributed by atoms with van der Waals surface area (Å²) in [5, 5.41) is 4.22. The number of esters is 1. The van der Waals surface area contributed by atoms with Gasteiger partial charge in [0.15, 0.2) is 0 Å². The molecule has 0 aromatic carbocycles. The van der Waals surface area contributed by atoms with Crippen molar-refractivity contribution in [3.8, 4) is 0 Å². The summed E-state index contributed by atoms with van der Waals surface area (Å²) >= 11 is 1.24. The van der Waals surface area contributed by atoms with Gasteiger partial charge < -0.3 is 15.0 Å². The Hall–Kier alpha value is -1.98. The number of carbonyl (C=O) groups is 3. The van der Waals surface area contributed by atoms with Crippen molar-refractivity contribution >= 4 is 39.1 Å². The number of ether oxygens (including phenoxy) is 1. The molecule has 0 spiro atoms. The van der Waals surface area contributed by atoms with Gasteiger partial charge in [-0.25, -0.2) is 13.2 Å². The maximum atomic E-state index is 12.7. The Morgan fingerprint density at radius 2 is 2.04 bits per heavy atom. The van der Waals surface area contributed by atoms with E-state index >= 15 is 0 Å². The molecular weight excluding hydrogens is 382 g/mol. The zero-order chi connectivity index (χ0) is 19.5. The van der Waals surface area contributed by atoms with E-state index in [0.29, 0.717) is 4.88 Å². The minimum atomic E-state index is -3.52. The Balaban J connectivity index is 2.24. The van der Waals surface area contributed by atoms with E-state index in [4.69, 9.17) is 0 Å². The Labute approximate surface area is 156 Å². The number of hydrogen-bond acceptors (Lipinski definition) is 7. The Morgan fingerprint density at radius 1 is 1.35 bits per heavy atom. The second-order valence-corrected chi connectivity index (χ2v) is 8.80. The first-order chi connectivity index (χ1) is 12.1. The number of piperazine rings is 1. The van der Waals surface area contributed by atoms with E-state index in [1.54, 1.807) is 17.5 Å². The van der Waals surface area contributed by atoms with Crippen molar-refractivity contribution in [1.82, 2.24) is 14.5 Å². The summed E-state index contributed by atoms with van der Waals surface area (Å²) in [5.74, 6) is -1.59. The molecule has 144 valence electrons. The lowest BCUT2D eigenvalue weighted by molar-refractivity contribution is -0.145. The van der Waals surface area contributed by atoms with Gasteiger partial charge in [0.05, 0.1) is 18.2 Å². The Bertz CT molecular complexity index is 777. The van der Waals surface area contributed by atoms with Crippen molar-refractivity contribution < 1.29 is 27.5 Å². The van der Waals surface area contributed by atoms with E-state index in [-0.39, 0.29) is 25.5 Å². The summed E-state index contributed by atoms with van der Waals surface area (Å²) in [6.45, 7) is 1.46. The normalized spacial score (nSPS) is 19.7. The minimum Gasteiger partial charge on any atom is -0.467 e. The number of thiophene rings is 1. The van der Waals surface area contributed by atoms with Crippen LogP contribution >= 0.6 is 11.3 Å². The van der Waals surface area contributed by atoms with Gasteiger partial charge in [0.2, 0.25) is 15.9 Å². The largest absolute Gasteiger partial charge is 0.467 e. The second kappa shape index (κ2) is 8.14. The van der Waals surface area contributed by atoms with Crippen LogP contribution in [0.2, 0.25) is 0 Å². The van der Waals surface area contributed by atoms with Crippen molar-refractivity contribution in [2.45, 2.75) is 19.0 Å². The first-order valence-electron chi connectivity index (χ1n) is 7.83. The van der Waals surface area contributed by atoms with Crippen molar-refractivity contribution in [2.24, 2.45) is 0 Å². The molecule has 2 rings (SSSR count). The van der Waals surface area contributed by atoms with Gasteiger partial charge in [-0.3, -0.25) is 9.59 Å². The molecular formula is C15H21N3O6S2. The van der Waals surface area contributed by atoms with E-state index in [1.165, 1.54) is 30.3 Å². The molecule has 9 nitrogen and oxygen atoms in total. The molecule has 1 saturated heterocycles. The molecule has 1 aromatic heterocycles. The molecule has 1 aliphatic rings. The van der Waals surface area contributed by atoms with E-state index in [2.05, 4.69) is 10.1 Å². The fourth-order valence-electron chi connectivity index (χ4n) is 2.61. The smallest absolute Gasteiger partial charge is 0.328 e. The van der Waals surface area contributed by atoms with Gasteiger partial charge in [-0.15, -0.1) is 11.3 Å². The van der Waals surface area contributed by atoms with Crippen LogP contribution in [0.5, 0.6) is 0 Å². The number of sulfonamides is 1. The zero-order valence-corrected chi connectivity index (χ0v) is 16.3. The fraction of sp³-hybridized carbons (Fsp3) is 0.533. The third-order valence-corrected chi connectivity index (χ3v) is 6.15. The van der Waals surface area contributed by atoms with Gasteiger partial charge >= 0.3 is 5.97 Å². The summed E-state index contributed by atoms with van der Waals surface area (Å²) < 4.78 is 29.4. The van der Waals surface area contributed by atoms with Crippen molar-refractivity contribution in [3.63, 3.8) is 0 Å². The van der Waals surface area contributed by atoms with Crippen LogP contribution in [0.3, 0.4) is 0 Å². The predicted octanol–water partition coefficient (Wildman–Crippen LogP) is -0.488. The fourth-order valence-corrected chi connectivity index (χ4v) is 4.12. The number of amides is 2. The molecule has 26 heavy (non-hydrogen) atoms. The molecule has 0 saturated carbocycles. The molecule has 0 aliphatic carbocycles. The number of carbonyl (C=O) groups excluding carboxylic acids is 3. The quantitative estimate of drug-likeness (QED) is 0.664. The second-order valence-electron chi connectivity index (χ2n) is 5.87. The highest BCUT2D eigenvalue weighted by molar-refractivity contribution is 7.88. The topological polar surface area (TPSA) is 113 Å². The van der Waals surface area contributed by atoms with E-state index in [9.17, 15) is 22.8 Å². The molecule has 1 aromatic rings. The first-order valence-corrected chi connectivity index (χ1v) is 10.6.